The third kappa shape index (κ3) is 2.15. The van der Waals surface area contributed by atoms with Gasteiger partial charge in [0.1, 0.15) is 4.60 Å². The Morgan fingerprint density at radius 2 is 2.13 bits per heavy atom. The number of nitrogens with zero attached hydrogens (tertiary/aromatic N) is 2. The summed E-state index contributed by atoms with van der Waals surface area (Å²) in [6, 6.07) is 8.10. The first kappa shape index (κ1) is 10.1. The molecular weight excluding hydrogens is 254 g/mol. The molecule has 15 heavy (non-hydrogen) atoms. The standard InChI is InChI=1S/C11H10BrN3/c1-7-3-2-4-8(5-7)9-6-14-11(13)10(12)15-9/h2-6H,1H3,(H2,13,14). The average molecular weight is 264 g/mol. The number of nitrogens with two attached hydrogens (primary N) is 1. The SMILES string of the molecule is Cc1cccc(-c2cnc(N)c(Br)n2)c1. The molecule has 1 aromatic heterocycles. The fourth-order valence-electron chi connectivity index (χ4n) is 1.32. The van der Waals surface area contributed by atoms with E-state index in [4.69, 9.17) is 5.73 Å². The van der Waals surface area contributed by atoms with Crippen molar-refractivity contribution < 1.29 is 0 Å². The van der Waals surface area contributed by atoms with Gasteiger partial charge in [0, 0.05) is 5.56 Å². The highest BCUT2D eigenvalue weighted by Gasteiger charge is 2.03. The van der Waals surface area contributed by atoms with Crippen LogP contribution in [-0.4, -0.2) is 9.97 Å². The molecule has 0 radical (unpaired) electrons. The molecule has 0 bridgehead atoms. The van der Waals surface area contributed by atoms with E-state index in [0.29, 0.717) is 10.4 Å². The predicted molar refractivity (Wildman–Crippen MR) is 64.3 cm³/mol. The normalized spacial score (nSPS) is 10.3. The number of nitrogen functional groups attached to an aromatic ring is 1. The van der Waals surface area contributed by atoms with Gasteiger partial charge in [-0.25, -0.2) is 9.97 Å². The second-order valence-electron chi connectivity index (χ2n) is 3.30. The minimum Gasteiger partial charge on any atom is -0.381 e. The zero-order chi connectivity index (χ0) is 10.8. The Morgan fingerprint density at radius 1 is 1.33 bits per heavy atom. The molecule has 0 unspecified atom stereocenters. The molecule has 1 aromatic carbocycles. The monoisotopic (exact) mass is 263 g/mol. The van der Waals surface area contributed by atoms with Crippen molar-refractivity contribution in [1.82, 2.24) is 9.97 Å². The van der Waals surface area contributed by atoms with E-state index in [1.54, 1.807) is 6.20 Å². The maximum Gasteiger partial charge on any atom is 0.156 e. The van der Waals surface area contributed by atoms with Gasteiger partial charge < -0.3 is 5.73 Å². The molecule has 76 valence electrons. The van der Waals surface area contributed by atoms with Crippen LogP contribution >= 0.6 is 15.9 Å². The summed E-state index contributed by atoms with van der Waals surface area (Å²) in [6.07, 6.45) is 1.68. The summed E-state index contributed by atoms with van der Waals surface area (Å²) in [7, 11) is 0. The highest BCUT2D eigenvalue weighted by atomic mass is 79.9. The Bertz CT molecular complexity index is 497. The van der Waals surface area contributed by atoms with Gasteiger partial charge in [-0.05, 0) is 28.9 Å². The van der Waals surface area contributed by atoms with Crippen LogP contribution in [0, 0.1) is 6.92 Å². The van der Waals surface area contributed by atoms with Crippen molar-refractivity contribution >= 4 is 21.7 Å². The molecule has 0 saturated carbocycles. The van der Waals surface area contributed by atoms with Crippen molar-refractivity contribution in [2.24, 2.45) is 0 Å². The van der Waals surface area contributed by atoms with E-state index in [2.05, 4.69) is 32.0 Å². The van der Waals surface area contributed by atoms with Gasteiger partial charge in [0.2, 0.25) is 0 Å². The number of benzene rings is 1. The second-order valence-corrected chi connectivity index (χ2v) is 4.05. The highest BCUT2D eigenvalue weighted by Crippen LogP contribution is 2.21. The summed E-state index contributed by atoms with van der Waals surface area (Å²) in [4.78, 5) is 8.37. The number of halogens is 1. The average Bonchev–Trinajstić information content (AvgIpc) is 2.22. The van der Waals surface area contributed by atoms with Gasteiger partial charge in [-0.2, -0.15) is 0 Å². The van der Waals surface area contributed by atoms with E-state index in [1.807, 2.05) is 25.1 Å². The summed E-state index contributed by atoms with van der Waals surface area (Å²) in [5, 5.41) is 0. The van der Waals surface area contributed by atoms with E-state index in [9.17, 15) is 0 Å². The van der Waals surface area contributed by atoms with Gasteiger partial charge in [-0.3, -0.25) is 0 Å². The van der Waals surface area contributed by atoms with Gasteiger partial charge in [-0.1, -0.05) is 23.8 Å². The molecule has 3 nitrogen and oxygen atoms in total. The lowest BCUT2D eigenvalue weighted by atomic mass is 10.1. The van der Waals surface area contributed by atoms with Gasteiger partial charge >= 0.3 is 0 Å². The molecule has 0 aliphatic heterocycles. The Hall–Kier alpha value is -1.42. The Balaban J connectivity index is 2.50. The minimum absolute atomic E-state index is 0.409. The topological polar surface area (TPSA) is 51.8 Å². The summed E-state index contributed by atoms with van der Waals surface area (Å²) in [5.41, 5.74) is 8.64. The summed E-state index contributed by atoms with van der Waals surface area (Å²) >= 11 is 3.26. The lowest BCUT2D eigenvalue weighted by Crippen LogP contribution is -1.95. The highest BCUT2D eigenvalue weighted by molar-refractivity contribution is 9.10. The van der Waals surface area contributed by atoms with E-state index >= 15 is 0 Å². The first-order valence-electron chi connectivity index (χ1n) is 4.52. The Morgan fingerprint density at radius 3 is 2.80 bits per heavy atom. The number of hydrogen-bond donors (Lipinski definition) is 1. The quantitative estimate of drug-likeness (QED) is 0.861. The van der Waals surface area contributed by atoms with Gasteiger partial charge in [0.25, 0.3) is 0 Å². The summed E-state index contributed by atoms with van der Waals surface area (Å²) in [6.45, 7) is 2.04. The van der Waals surface area contributed by atoms with Crippen molar-refractivity contribution in [2.45, 2.75) is 6.92 Å². The fourth-order valence-corrected chi connectivity index (χ4v) is 1.61. The van der Waals surface area contributed by atoms with E-state index in [-0.39, 0.29) is 0 Å². The van der Waals surface area contributed by atoms with E-state index < -0.39 is 0 Å². The molecule has 1 heterocycles. The van der Waals surface area contributed by atoms with Crippen LogP contribution in [0.25, 0.3) is 11.3 Å². The number of hydrogen-bond acceptors (Lipinski definition) is 3. The zero-order valence-electron chi connectivity index (χ0n) is 8.24. The van der Waals surface area contributed by atoms with E-state index in [0.717, 1.165) is 11.3 Å². The van der Waals surface area contributed by atoms with Crippen molar-refractivity contribution in [3.63, 3.8) is 0 Å². The van der Waals surface area contributed by atoms with Crippen LogP contribution in [-0.2, 0) is 0 Å². The van der Waals surface area contributed by atoms with Crippen molar-refractivity contribution in [3.8, 4) is 11.3 Å². The van der Waals surface area contributed by atoms with Crippen LogP contribution < -0.4 is 5.73 Å². The first-order chi connectivity index (χ1) is 7.16. The largest absolute Gasteiger partial charge is 0.381 e. The van der Waals surface area contributed by atoms with Gasteiger partial charge in [-0.15, -0.1) is 0 Å². The maximum absolute atomic E-state index is 5.58. The molecule has 0 aliphatic carbocycles. The lowest BCUT2D eigenvalue weighted by Gasteiger charge is -2.03. The number of rotatable bonds is 1. The van der Waals surface area contributed by atoms with Crippen molar-refractivity contribution in [2.75, 3.05) is 5.73 Å². The molecule has 0 fully saturated rings. The molecule has 2 N–H and O–H groups in total. The van der Waals surface area contributed by atoms with Crippen LogP contribution in [0.15, 0.2) is 35.1 Å². The van der Waals surface area contributed by atoms with Crippen molar-refractivity contribution in [1.29, 1.82) is 0 Å². The third-order valence-electron chi connectivity index (χ3n) is 2.07. The maximum atomic E-state index is 5.58. The van der Waals surface area contributed by atoms with Crippen LogP contribution in [0.3, 0.4) is 0 Å². The minimum atomic E-state index is 0.409. The molecule has 0 amide bonds. The number of aromatic nitrogens is 2. The van der Waals surface area contributed by atoms with Crippen LogP contribution in [0.2, 0.25) is 0 Å². The third-order valence-corrected chi connectivity index (χ3v) is 2.65. The van der Waals surface area contributed by atoms with Crippen molar-refractivity contribution in [3.05, 3.63) is 40.6 Å². The smallest absolute Gasteiger partial charge is 0.156 e. The molecule has 0 spiro atoms. The first-order valence-corrected chi connectivity index (χ1v) is 5.31. The predicted octanol–water partition coefficient (Wildman–Crippen LogP) is 2.80. The molecule has 4 heteroatoms. The molecule has 0 saturated heterocycles. The zero-order valence-corrected chi connectivity index (χ0v) is 9.82. The van der Waals surface area contributed by atoms with Gasteiger partial charge in [0.05, 0.1) is 11.9 Å². The molecule has 0 atom stereocenters. The summed E-state index contributed by atoms with van der Waals surface area (Å²) in [5.74, 6) is 0.409. The number of aryl methyl sites for hydroxylation is 1. The van der Waals surface area contributed by atoms with Crippen LogP contribution in [0.4, 0.5) is 5.82 Å². The molecule has 0 aliphatic rings. The fraction of sp³-hybridized carbons (Fsp3) is 0.0909. The van der Waals surface area contributed by atoms with Gasteiger partial charge in [0.15, 0.2) is 5.82 Å². The number of anilines is 1. The Kier molecular flexibility index (Phi) is 2.68. The molecule has 2 aromatic rings. The molecule has 2 rings (SSSR count). The summed E-state index contributed by atoms with van der Waals surface area (Å²) < 4.78 is 0.585. The van der Waals surface area contributed by atoms with E-state index in [1.165, 1.54) is 5.56 Å². The van der Waals surface area contributed by atoms with Crippen LogP contribution in [0.5, 0.6) is 0 Å². The second kappa shape index (κ2) is 3.98. The molecular formula is C11H10BrN3. The van der Waals surface area contributed by atoms with Crippen LogP contribution in [0.1, 0.15) is 5.56 Å². The Labute approximate surface area is 96.5 Å². The lowest BCUT2D eigenvalue weighted by molar-refractivity contribution is 1.18.